The molecule has 3 rings (SSSR count). The molecule has 0 fully saturated rings. The number of pyridine rings is 1. The van der Waals surface area contributed by atoms with Crippen molar-refractivity contribution in [1.82, 2.24) is 14.5 Å². The molecule has 0 saturated carbocycles. The smallest absolute Gasteiger partial charge is 0.330 e. The molecule has 3 aromatic rings. The molecule has 0 aliphatic carbocycles. The lowest BCUT2D eigenvalue weighted by molar-refractivity contribution is 0.0983. The molecular formula is C22H25N5O4. The SMILES string of the molecule is COCCCN(C(=O)c1ccc(C)nc1)c1c(N)n(Cc2ccccc2)c(=O)[nH]c1=O. The molecule has 0 unspecified atom stereocenters. The lowest BCUT2D eigenvalue weighted by Gasteiger charge is -2.24. The van der Waals surface area contributed by atoms with Gasteiger partial charge in [0.05, 0.1) is 12.1 Å². The van der Waals surface area contributed by atoms with Crippen LogP contribution in [0.25, 0.3) is 0 Å². The van der Waals surface area contributed by atoms with Gasteiger partial charge < -0.3 is 15.4 Å². The van der Waals surface area contributed by atoms with E-state index in [1.807, 2.05) is 37.3 Å². The number of H-pyrrole nitrogens is 1. The van der Waals surface area contributed by atoms with Gasteiger partial charge in [-0.25, -0.2) is 4.79 Å². The number of anilines is 2. The zero-order valence-electron chi connectivity index (χ0n) is 17.5. The van der Waals surface area contributed by atoms with Gasteiger partial charge in [-0.3, -0.25) is 24.1 Å². The molecule has 9 heteroatoms. The molecule has 0 spiro atoms. The summed E-state index contributed by atoms with van der Waals surface area (Å²) < 4.78 is 6.34. The van der Waals surface area contributed by atoms with Crippen LogP contribution in [0.15, 0.2) is 58.3 Å². The first-order chi connectivity index (χ1) is 14.9. The predicted octanol–water partition coefficient (Wildman–Crippen LogP) is 1.55. The Bertz CT molecular complexity index is 1150. The second-order valence-corrected chi connectivity index (χ2v) is 7.06. The summed E-state index contributed by atoms with van der Waals surface area (Å²) in [7, 11) is 1.55. The van der Waals surface area contributed by atoms with Crippen molar-refractivity contribution in [2.45, 2.75) is 19.9 Å². The van der Waals surface area contributed by atoms with Crippen LogP contribution in [0, 0.1) is 6.92 Å². The van der Waals surface area contributed by atoms with Gasteiger partial charge in [0.15, 0.2) is 5.69 Å². The Hall–Kier alpha value is -3.72. The highest BCUT2D eigenvalue weighted by atomic mass is 16.5. The van der Waals surface area contributed by atoms with Crippen LogP contribution in [0.3, 0.4) is 0 Å². The van der Waals surface area contributed by atoms with E-state index in [0.717, 1.165) is 11.3 Å². The number of nitrogens with zero attached hydrogens (tertiary/aromatic N) is 3. The largest absolute Gasteiger partial charge is 0.385 e. The zero-order valence-corrected chi connectivity index (χ0v) is 17.5. The number of carbonyl (C=O) groups excluding carboxylic acids is 1. The Morgan fingerprint density at radius 3 is 2.58 bits per heavy atom. The maximum absolute atomic E-state index is 13.3. The van der Waals surface area contributed by atoms with Gasteiger partial charge in [0.25, 0.3) is 11.5 Å². The molecule has 2 heterocycles. The maximum atomic E-state index is 13.3. The number of hydrogen-bond acceptors (Lipinski definition) is 6. The number of ether oxygens (including phenoxy) is 1. The number of benzene rings is 1. The summed E-state index contributed by atoms with van der Waals surface area (Å²) >= 11 is 0. The van der Waals surface area contributed by atoms with E-state index in [1.54, 1.807) is 19.2 Å². The molecule has 0 bridgehead atoms. The fourth-order valence-electron chi connectivity index (χ4n) is 3.19. The van der Waals surface area contributed by atoms with E-state index in [-0.39, 0.29) is 24.6 Å². The van der Waals surface area contributed by atoms with E-state index < -0.39 is 17.2 Å². The van der Waals surface area contributed by atoms with Crippen molar-refractivity contribution in [3.05, 3.63) is 86.3 Å². The average Bonchev–Trinajstić information content (AvgIpc) is 2.76. The van der Waals surface area contributed by atoms with Gasteiger partial charge in [0.2, 0.25) is 0 Å². The first-order valence-corrected chi connectivity index (χ1v) is 9.82. The molecule has 0 atom stereocenters. The molecule has 162 valence electrons. The highest BCUT2D eigenvalue weighted by molar-refractivity contribution is 6.07. The standard InChI is InChI=1S/C22H25N5O4/c1-15-9-10-17(13-24-15)21(29)26(11-6-12-31-2)18-19(23)27(22(30)25-20(18)28)14-16-7-4-3-5-8-16/h3-5,7-10,13H,6,11-12,14,23H2,1-2H3,(H,25,28,30). The van der Waals surface area contributed by atoms with E-state index in [9.17, 15) is 14.4 Å². The van der Waals surface area contributed by atoms with Gasteiger partial charge in [-0.2, -0.15) is 0 Å². The van der Waals surface area contributed by atoms with Crippen molar-refractivity contribution in [2.24, 2.45) is 0 Å². The van der Waals surface area contributed by atoms with Gasteiger partial charge in [0, 0.05) is 32.2 Å². The summed E-state index contributed by atoms with van der Waals surface area (Å²) in [6.45, 7) is 2.53. The number of nitrogen functional groups attached to an aromatic ring is 1. The normalized spacial score (nSPS) is 10.8. The fourth-order valence-corrected chi connectivity index (χ4v) is 3.19. The van der Waals surface area contributed by atoms with Crippen molar-refractivity contribution in [1.29, 1.82) is 0 Å². The topological polar surface area (TPSA) is 123 Å². The molecular weight excluding hydrogens is 398 g/mol. The Kier molecular flexibility index (Phi) is 6.99. The van der Waals surface area contributed by atoms with Crippen LogP contribution < -0.4 is 21.9 Å². The second kappa shape index (κ2) is 9.86. The van der Waals surface area contributed by atoms with Gasteiger partial charge in [0.1, 0.15) is 5.82 Å². The van der Waals surface area contributed by atoms with Crippen molar-refractivity contribution >= 4 is 17.4 Å². The Morgan fingerprint density at radius 2 is 1.94 bits per heavy atom. The van der Waals surface area contributed by atoms with E-state index in [4.69, 9.17) is 10.5 Å². The molecule has 31 heavy (non-hydrogen) atoms. The van der Waals surface area contributed by atoms with E-state index in [0.29, 0.717) is 18.6 Å². The highest BCUT2D eigenvalue weighted by Gasteiger charge is 2.25. The van der Waals surface area contributed by atoms with Gasteiger partial charge in [-0.1, -0.05) is 30.3 Å². The predicted molar refractivity (Wildman–Crippen MR) is 118 cm³/mol. The van der Waals surface area contributed by atoms with E-state index >= 15 is 0 Å². The summed E-state index contributed by atoms with van der Waals surface area (Å²) in [5.41, 5.74) is 6.74. The van der Waals surface area contributed by atoms with E-state index in [2.05, 4.69) is 9.97 Å². The lowest BCUT2D eigenvalue weighted by atomic mass is 10.2. The van der Waals surface area contributed by atoms with E-state index in [1.165, 1.54) is 15.7 Å². The minimum absolute atomic E-state index is 0.0720. The third-order valence-corrected chi connectivity index (χ3v) is 4.80. The zero-order chi connectivity index (χ0) is 22.4. The number of aryl methyl sites for hydroxylation is 1. The second-order valence-electron chi connectivity index (χ2n) is 7.06. The molecule has 0 aliphatic rings. The molecule has 0 aliphatic heterocycles. The highest BCUT2D eigenvalue weighted by Crippen LogP contribution is 2.20. The third-order valence-electron chi connectivity index (χ3n) is 4.80. The number of aromatic amines is 1. The minimum atomic E-state index is -0.724. The average molecular weight is 423 g/mol. The molecule has 2 aromatic heterocycles. The van der Waals surface area contributed by atoms with Crippen LogP contribution in [0.5, 0.6) is 0 Å². The summed E-state index contributed by atoms with van der Waals surface area (Å²) in [5, 5.41) is 0. The first-order valence-electron chi connectivity index (χ1n) is 9.82. The number of aromatic nitrogens is 3. The molecule has 0 radical (unpaired) electrons. The van der Waals surface area contributed by atoms with Crippen LogP contribution in [-0.2, 0) is 11.3 Å². The number of hydrogen-bond donors (Lipinski definition) is 2. The summed E-state index contributed by atoms with van der Waals surface area (Å²) in [6.07, 6.45) is 1.92. The van der Waals surface area contributed by atoms with Crippen LogP contribution in [0.2, 0.25) is 0 Å². The quantitative estimate of drug-likeness (QED) is 0.530. The third kappa shape index (κ3) is 5.07. The number of amides is 1. The molecule has 3 N–H and O–H groups in total. The summed E-state index contributed by atoms with van der Waals surface area (Å²) in [5.74, 6) is -0.519. The monoisotopic (exact) mass is 423 g/mol. The number of carbonyl (C=O) groups is 1. The van der Waals surface area contributed by atoms with Crippen molar-refractivity contribution < 1.29 is 9.53 Å². The number of rotatable bonds is 8. The molecule has 1 aromatic carbocycles. The lowest BCUT2D eigenvalue weighted by Crippen LogP contribution is -2.42. The number of nitrogens with two attached hydrogens (primary N) is 1. The Balaban J connectivity index is 2.08. The van der Waals surface area contributed by atoms with Gasteiger partial charge in [-0.15, -0.1) is 0 Å². The van der Waals surface area contributed by atoms with Crippen LogP contribution in [-0.4, -0.2) is 40.7 Å². The van der Waals surface area contributed by atoms with Crippen LogP contribution >= 0.6 is 0 Å². The van der Waals surface area contributed by atoms with Crippen molar-refractivity contribution in [3.8, 4) is 0 Å². The molecule has 1 amide bonds. The van der Waals surface area contributed by atoms with Crippen molar-refractivity contribution in [2.75, 3.05) is 30.9 Å². The molecule has 0 saturated heterocycles. The summed E-state index contributed by atoms with van der Waals surface area (Å²) in [4.78, 5) is 46.2. The minimum Gasteiger partial charge on any atom is -0.385 e. The van der Waals surface area contributed by atoms with Crippen LogP contribution in [0.4, 0.5) is 11.5 Å². The Morgan fingerprint density at radius 1 is 1.19 bits per heavy atom. The molecule has 9 nitrogen and oxygen atoms in total. The maximum Gasteiger partial charge on any atom is 0.330 e. The first kappa shape index (κ1) is 22.0. The van der Waals surface area contributed by atoms with Gasteiger partial charge >= 0.3 is 5.69 Å². The number of nitrogens with one attached hydrogen (secondary N) is 1. The summed E-state index contributed by atoms with van der Waals surface area (Å²) in [6, 6.07) is 12.6. The number of methoxy groups -OCH3 is 1. The van der Waals surface area contributed by atoms with Gasteiger partial charge in [-0.05, 0) is 31.0 Å². The van der Waals surface area contributed by atoms with Crippen LogP contribution in [0.1, 0.15) is 28.0 Å². The van der Waals surface area contributed by atoms with Crippen molar-refractivity contribution in [3.63, 3.8) is 0 Å². The fraction of sp³-hybridized carbons (Fsp3) is 0.273. The Labute approximate surface area is 179 Å².